The van der Waals surface area contributed by atoms with Crippen LogP contribution >= 0.6 is 11.3 Å². The molecule has 0 saturated heterocycles. The van der Waals surface area contributed by atoms with Gasteiger partial charge in [0.05, 0.1) is 12.3 Å². The van der Waals surface area contributed by atoms with Crippen molar-refractivity contribution in [2.45, 2.75) is 45.1 Å². The van der Waals surface area contributed by atoms with Crippen LogP contribution in [0.5, 0.6) is 0 Å². The number of methoxy groups -OCH3 is 1. The predicted molar refractivity (Wildman–Crippen MR) is 76.6 cm³/mol. The van der Waals surface area contributed by atoms with Crippen molar-refractivity contribution >= 4 is 16.5 Å². The standard InChI is InChI=1S/C13H20F3N3OS/c1-3-19(8-13(14,15)16)12-18-10(7-20-2)11(21-12)6-17-9-4-5-9/h9,17H,3-8H2,1-2H3. The lowest BCUT2D eigenvalue weighted by Crippen LogP contribution is -2.34. The summed E-state index contributed by atoms with van der Waals surface area (Å²) in [6.45, 7) is 1.96. The van der Waals surface area contributed by atoms with Gasteiger partial charge in [-0.25, -0.2) is 4.98 Å². The topological polar surface area (TPSA) is 37.4 Å². The Balaban J connectivity index is 2.11. The maximum Gasteiger partial charge on any atom is 0.406 e. The fourth-order valence-corrected chi connectivity index (χ4v) is 3.03. The lowest BCUT2D eigenvalue weighted by molar-refractivity contribution is -0.119. The molecule has 1 aliphatic carbocycles. The molecule has 0 bridgehead atoms. The number of hydrogen-bond acceptors (Lipinski definition) is 5. The average Bonchev–Trinajstić information content (AvgIpc) is 3.15. The van der Waals surface area contributed by atoms with E-state index in [1.807, 2.05) is 0 Å². The summed E-state index contributed by atoms with van der Waals surface area (Å²) in [4.78, 5) is 6.55. The second kappa shape index (κ2) is 6.93. The highest BCUT2D eigenvalue weighted by atomic mass is 32.1. The van der Waals surface area contributed by atoms with Crippen LogP contribution in [0.1, 0.15) is 30.3 Å². The van der Waals surface area contributed by atoms with Gasteiger partial charge < -0.3 is 15.0 Å². The van der Waals surface area contributed by atoms with E-state index in [4.69, 9.17) is 4.74 Å². The Labute approximate surface area is 126 Å². The molecular formula is C13H20F3N3OS. The third-order valence-electron chi connectivity index (χ3n) is 3.20. The van der Waals surface area contributed by atoms with E-state index >= 15 is 0 Å². The van der Waals surface area contributed by atoms with Gasteiger partial charge in [-0.2, -0.15) is 13.2 Å². The Bertz CT molecular complexity index is 460. The van der Waals surface area contributed by atoms with Gasteiger partial charge in [-0.3, -0.25) is 0 Å². The van der Waals surface area contributed by atoms with Crippen molar-refractivity contribution in [1.29, 1.82) is 0 Å². The van der Waals surface area contributed by atoms with Crippen LogP contribution in [0.3, 0.4) is 0 Å². The monoisotopic (exact) mass is 323 g/mol. The van der Waals surface area contributed by atoms with Crippen molar-refractivity contribution < 1.29 is 17.9 Å². The van der Waals surface area contributed by atoms with Crippen molar-refractivity contribution in [2.75, 3.05) is 25.1 Å². The molecule has 0 atom stereocenters. The summed E-state index contributed by atoms with van der Waals surface area (Å²) >= 11 is 1.31. The molecule has 8 heteroatoms. The number of ether oxygens (including phenoxy) is 1. The van der Waals surface area contributed by atoms with Gasteiger partial charge in [0.1, 0.15) is 6.54 Å². The van der Waals surface area contributed by atoms with Crippen molar-refractivity contribution in [3.8, 4) is 0 Å². The van der Waals surface area contributed by atoms with Gasteiger partial charge >= 0.3 is 6.18 Å². The summed E-state index contributed by atoms with van der Waals surface area (Å²) in [5, 5.41) is 3.78. The van der Waals surface area contributed by atoms with Crippen LogP contribution in [0.25, 0.3) is 0 Å². The van der Waals surface area contributed by atoms with Crippen LogP contribution in [0.2, 0.25) is 0 Å². The smallest absolute Gasteiger partial charge is 0.378 e. The highest BCUT2D eigenvalue weighted by Crippen LogP contribution is 2.30. The van der Waals surface area contributed by atoms with Crippen LogP contribution in [-0.4, -0.2) is 37.4 Å². The molecule has 1 aromatic heterocycles. The van der Waals surface area contributed by atoms with E-state index in [0.717, 1.165) is 10.6 Å². The van der Waals surface area contributed by atoms with E-state index in [1.54, 1.807) is 14.0 Å². The molecule has 0 spiro atoms. The molecule has 0 radical (unpaired) electrons. The molecule has 21 heavy (non-hydrogen) atoms. The number of halogens is 3. The number of hydrogen-bond donors (Lipinski definition) is 1. The third kappa shape index (κ3) is 5.12. The van der Waals surface area contributed by atoms with Crippen LogP contribution in [0.4, 0.5) is 18.3 Å². The van der Waals surface area contributed by atoms with Crippen LogP contribution in [0.15, 0.2) is 0 Å². The molecule has 2 rings (SSSR count). The van der Waals surface area contributed by atoms with Crippen molar-refractivity contribution in [3.63, 3.8) is 0 Å². The number of rotatable bonds is 8. The number of nitrogens with one attached hydrogen (secondary N) is 1. The maximum absolute atomic E-state index is 12.6. The Hall–Kier alpha value is -0.860. The normalized spacial score (nSPS) is 15.5. The summed E-state index contributed by atoms with van der Waals surface area (Å²) in [7, 11) is 1.56. The van der Waals surface area contributed by atoms with Gasteiger partial charge in [-0.15, -0.1) is 11.3 Å². The SMILES string of the molecule is CCN(CC(F)(F)F)c1nc(COC)c(CNC2CC2)s1. The van der Waals surface area contributed by atoms with Gasteiger partial charge in [-0.1, -0.05) is 0 Å². The highest BCUT2D eigenvalue weighted by molar-refractivity contribution is 7.15. The minimum Gasteiger partial charge on any atom is -0.378 e. The molecule has 4 nitrogen and oxygen atoms in total. The second-order valence-corrected chi connectivity index (χ2v) is 6.15. The van der Waals surface area contributed by atoms with Crippen molar-refractivity contribution in [1.82, 2.24) is 10.3 Å². The quantitative estimate of drug-likeness (QED) is 0.798. The second-order valence-electron chi connectivity index (χ2n) is 5.08. The summed E-state index contributed by atoms with van der Waals surface area (Å²) in [5.74, 6) is 0. The summed E-state index contributed by atoms with van der Waals surface area (Å²) in [6, 6.07) is 0.545. The van der Waals surface area contributed by atoms with E-state index in [2.05, 4.69) is 10.3 Å². The summed E-state index contributed by atoms with van der Waals surface area (Å²) < 4.78 is 42.9. The van der Waals surface area contributed by atoms with E-state index in [1.165, 1.54) is 29.1 Å². The fraction of sp³-hybridized carbons (Fsp3) is 0.769. The number of aromatic nitrogens is 1. The van der Waals surface area contributed by atoms with E-state index in [-0.39, 0.29) is 6.54 Å². The molecule has 1 aromatic rings. The van der Waals surface area contributed by atoms with Crippen molar-refractivity contribution in [3.05, 3.63) is 10.6 Å². The van der Waals surface area contributed by atoms with Gasteiger partial charge in [0.25, 0.3) is 0 Å². The molecule has 0 aliphatic heterocycles. The first kappa shape index (κ1) is 16.5. The first-order chi connectivity index (χ1) is 9.93. The lowest BCUT2D eigenvalue weighted by Gasteiger charge is -2.21. The Morgan fingerprint density at radius 2 is 2.14 bits per heavy atom. The molecule has 1 heterocycles. The Morgan fingerprint density at radius 3 is 2.67 bits per heavy atom. The van der Waals surface area contributed by atoms with E-state index in [0.29, 0.717) is 24.3 Å². The van der Waals surface area contributed by atoms with Crippen molar-refractivity contribution in [2.24, 2.45) is 0 Å². The molecule has 0 amide bonds. The molecule has 1 aliphatic rings. The molecule has 0 unspecified atom stereocenters. The largest absolute Gasteiger partial charge is 0.406 e. The zero-order chi connectivity index (χ0) is 15.5. The van der Waals surface area contributed by atoms with Gasteiger partial charge in [0.15, 0.2) is 5.13 Å². The van der Waals surface area contributed by atoms with Crippen LogP contribution < -0.4 is 10.2 Å². The lowest BCUT2D eigenvalue weighted by atomic mass is 10.3. The summed E-state index contributed by atoms with van der Waals surface area (Å²) in [6.07, 6.45) is -1.89. The number of thiazole rings is 1. The first-order valence-electron chi connectivity index (χ1n) is 6.95. The first-order valence-corrected chi connectivity index (χ1v) is 7.77. The predicted octanol–water partition coefficient (Wildman–Crippen LogP) is 2.93. The molecular weight excluding hydrogens is 303 g/mol. The molecule has 1 saturated carbocycles. The molecule has 0 aromatic carbocycles. The van der Waals surface area contributed by atoms with Crippen LogP contribution in [0, 0.1) is 0 Å². The molecule has 1 fully saturated rings. The Morgan fingerprint density at radius 1 is 1.43 bits per heavy atom. The average molecular weight is 323 g/mol. The minimum absolute atomic E-state index is 0.273. The third-order valence-corrected chi connectivity index (χ3v) is 4.36. The zero-order valence-electron chi connectivity index (χ0n) is 12.2. The summed E-state index contributed by atoms with van der Waals surface area (Å²) in [5.41, 5.74) is 0.728. The number of nitrogens with zero attached hydrogens (tertiary/aromatic N) is 2. The van der Waals surface area contributed by atoms with E-state index < -0.39 is 12.7 Å². The molecule has 120 valence electrons. The molecule has 1 N–H and O–H groups in total. The Kier molecular flexibility index (Phi) is 5.45. The number of alkyl halides is 3. The van der Waals surface area contributed by atoms with Gasteiger partial charge in [-0.05, 0) is 19.8 Å². The van der Waals surface area contributed by atoms with Gasteiger partial charge in [0, 0.05) is 31.1 Å². The van der Waals surface area contributed by atoms with E-state index in [9.17, 15) is 13.2 Å². The maximum atomic E-state index is 12.6. The van der Waals surface area contributed by atoms with Gasteiger partial charge in [0.2, 0.25) is 0 Å². The zero-order valence-corrected chi connectivity index (χ0v) is 13.0. The van der Waals surface area contributed by atoms with Crippen LogP contribution in [-0.2, 0) is 17.9 Å². The number of anilines is 1. The highest BCUT2D eigenvalue weighted by Gasteiger charge is 2.32. The minimum atomic E-state index is -4.23. The fourth-order valence-electron chi connectivity index (χ4n) is 1.95.